The third kappa shape index (κ3) is 5.10. The topological polar surface area (TPSA) is 41.5 Å². The van der Waals surface area contributed by atoms with Crippen LogP contribution in [0.15, 0.2) is 24.3 Å². The van der Waals surface area contributed by atoms with Crippen molar-refractivity contribution in [2.75, 3.05) is 19.8 Å². The Morgan fingerprint density at radius 1 is 1.19 bits per heavy atom. The van der Waals surface area contributed by atoms with Crippen LogP contribution in [0, 0.1) is 0 Å². The van der Waals surface area contributed by atoms with Crippen LogP contribution in [0.5, 0.6) is 0 Å². The second-order valence-corrected chi connectivity index (χ2v) is 7.55. The molecular weight excluding hydrogens is 262 g/mol. The smallest absolute Gasteiger partial charge is 0.0675 e. The van der Waals surface area contributed by atoms with Gasteiger partial charge in [0, 0.05) is 19.0 Å². The van der Waals surface area contributed by atoms with Crippen molar-refractivity contribution in [3.8, 4) is 0 Å². The molecule has 1 aliphatic rings. The third-order valence-electron chi connectivity index (χ3n) is 4.09. The zero-order valence-corrected chi connectivity index (χ0v) is 13.8. The minimum absolute atomic E-state index is 0.171. The first-order chi connectivity index (χ1) is 9.76. The first-order valence-electron chi connectivity index (χ1n) is 7.89. The Hall–Kier alpha value is -0.900. The predicted octanol–water partition coefficient (Wildman–Crippen LogP) is 2.66. The highest BCUT2D eigenvalue weighted by Crippen LogP contribution is 2.24. The maximum atomic E-state index is 10.7. The normalized spacial score (nSPS) is 22.8. The van der Waals surface area contributed by atoms with Gasteiger partial charge in [-0.05, 0) is 29.9 Å². The SMILES string of the molecule is CC(O)(Cc1ccc(C(C)(C)C)cc1)CC1COCCN1. The van der Waals surface area contributed by atoms with Crippen LogP contribution in [0.3, 0.4) is 0 Å². The van der Waals surface area contributed by atoms with Crippen LogP contribution in [-0.4, -0.2) is 36.5 Å². The van der Waals surface area contributed by atoms with Gasteiger partial charge in [0.15, 0.2) is 0 Å². The molecular formula is C18H29NO2. The first-order valence-corrected chi connectivity index (χ1v) is 7.89. The summed E-state index contributed by atoms with van der Waals surface area (Å²) in [4.78, 5) is 0. The van der Waals surface area contributed by atoms with E-state index >= 15 is 0 Å². The van der Waals surface area contributed by atoms with Crippen molar-refractivity contribution in [1.82, 2.24) is 5.32 Å². The molecule has 0 bridgehead atoms. The van der Waals surface area contributed by atoms with E-state index in [-0.39, 0.29) is 11.5 Å². The summed E-state index contributed by atoms with van der Waals surface area (Å²) in [5.41, 5.74) is 1.98. The molecule has 1 saturated heterocycles. The number of morpholine rings is 1. The maximum Gasteiger partial charge on any atom is 0.0675 e. The van der Waals surface area contributed by atoms with Crippen LogP contribution in [0.1, 0.15) is 45.2 Å². The van der Waals surface area contributed by atoms with Crippen LogP contribution >= 0.6 is 0 Å². The molecule has 1 heterocycles. The molecule has 118 valence electrons. The second kappa shape index (κ2) is 6.47. The summed E-state index contributed by atoms with van der Waals surface area (Å²) in [6.07, 6.45) is 1.39. The van der Waals surface area contributed by atoms with E-state index in [4.69, 9.17) is 4.74 Å². The minimum atomic E-state index is -0.707. The van der Waals surface area contributed by atoms with E-state index in [1.165, 1.54) is 11.1 Å². The van der Waals surface area contributed by atoms with Crippen LogP contribution in [-0.2, 0) is 16.6 Å². The van der Waals surface area contributed by atoms with Crippen LogP contribution < -0.4 is 5.32 Å². The quantitative estimate of drug-likeness (QED) is 0.896. The van der Waals surface area contributed by atoms with E-state index in [0.717, 1.165) is 13.2 Å². The Kier molecular flexibility index (Phi) is 5.07. The molecule has 2 unspecified atom stereocenters. The van der Waals surface area contributed by atoms with Gasteiger partial charge in [-0.3, -0.25) is 0 Å². The van der Waals surface area contributed by atoms with Gasteiger partial charge in [-0.25, -0.2) is 0 Å². The molecule has 0 radical (unpaired) electrons. The Bertz CT molecular complexity index is 439. The second-order valence-electron chi connectivity index (χ2n) is 7.55. The average molecular weight is 291 g/mol. The highest BCUT2D eigenvalue weighted by Gasteiger charge is 2.27. The Balaban J connectivity index is 1.95. The molecule has 1 fully saturated rings. The molecule has 0 aromatic heterocycles. The van der Waals surface area contributed by atoms with Crippen molar-refractivity contribution in [1.29, 1.82) is 0 Å². The van der Waals surface area contributed by atoms with E-state index in [1.807, 2.05) is 6.92 Å². The van der Waals surface area contributed by atoms with Crippen molar-refractivity contribution < 1.29 is 9.84 Å². The average Bonchev–Trinajstić information content (AvgIpc) is 2.38. The monoisotopic (exact) mass is 291 g/mol. The lowest BCUT2D eigenvalue weighted by Crippen LogP contribution is -2.46. The summed E-state index contributed by atoms with van der Waals surface area (Å²) in [6, 6.07) is 8.88. The summed E-state index contributed by atoms with van der Waals surface area (Å²) in [6.45, 7) is 10.9. The van der Waals surface area contributed by atoms with E-state index in [1.54, 1.807) is 0 Å². The summed E-state index contributed by atoms with van der Waals surface area (Å²) < 4.78 is 5.46. The molecule has 0 spiro atoms. The van der Waals surface area contributed by atoms with Crippen LogP contribution in [0.4, 0.5) is 0 Å². The number of nitrogens with one attached hydrogen (secondary N) is 1. The predicted molar refractivity (Wildman–Crippen MR) is 86.7 cm³/mol. The largest absolute Gasteiger partial charge is 0.390 e. The highest BCUT2D eigenvalue weighted by atomic mass is 16.5. The third-order valence-corrected chi connectivity index (χ3v) is 4.09. The molecule has 3 nitrogen and oxygen atoms in total. The maximum absolute atomic E-state index is 10.7. The molecule has 0 saturated carbocycles. The molecule has 0 aliphatic carbocycles. The van der Waals surface area contributed by atoms with Gasteiger partial charge in [-0.15, -0.1) is 0 Å². The molecule has 1 aromatic carbocycles. The molecule has 2 N–H and O–H groups in total. The number of benzene rings is 1. The summed E-state index contributed by atoms with van der Waals surface area (Å²) in [5.74, 6) is 0. The first kappa shape index (κ1) is 16.5. The summed E-state index contributed by atoms with van der Waals surface area (Å²) >= 11 is 0. The van der Waals surface area contributed by atoms with Crippen molar-refractivity contribution in [3.63, 3.8) is 0 Å². The van der Waals surface area contributed by atoms with E-state index in [0.29, 0.717) is 19.4 Å². The molecule has 3 heteroatoms. The fourth-order valence-electron chi connectivity index (χ4n) is 2.92. The lowest BCUT2D eigenvalue weighted by molar-refractivity contribution is 0.00651. The van der Waals surface area contributed by atoms with Gasteiger partial charge in [0.2, 0.25) is 0 Å². The Morgan fingerprint density at radius 2 is 1.86 bits per heavy atom. The molecule has 2 atom stereocenters. The van der Waals surface area contributed by atoms with Gasteiger partial charge in [0.1, 0.15) is 0 Å². The number of hydrogen-bond acceptors (Lipinski definition) is 3. The zero-order valence-electron chi connectivity index (χ0n) is 13.8. The van der Waals surface area contributed by atoms with Gasteiger partial charge < -0.3 is 15.2 Å². The van der Waals surface area contributed by atoms with E-state index in [2.05, 4.69) is 50.4 Å². The fourth-order valence-corrected chi connectivity index (χ4v) is 2.92. The van der Waals surface area contributed by atoms with Crippen molar-refractivity contribution in [2.45, 2.75) is 57.6 Å². The molecule has 21 heavy (non-hydrogen) atoms. The van der Waals surface area contributed by atoms with Gasteiger partial charge >= 0.3 is 0 Å². The number of rotatable bonds is 4. The van der Waals surface area contributed by atoms with Crippen LogP contribution in [0.25, 0.3) is 0 Å². The lowest BCUT2D eigenvalue weighted by atomic mass is 9.85. The molecule has 1 aromatic rings. The van der Waals surface area contributed by atoms with Gasteiger partial charge in [-0.2, -0.15) is 0 Å². The standard InChI is InChI=1S/C18H29NO2/c1-17(2,3)15-7-5-14(6-8-15)11-18(4,20)12-16-13-21-10-9-19-16/h5-8,16,19-20H,9-13H2,1-4H3. The van der Waals surface area contributed by atoms with Crippen molar-refractivity contribution >= 4 is 0 Å². The van der Waals surface area contributed by atoms with Gasteiger partial charge in [0.25, 0.3) is 0 Å². The van der Waals surface area contributed by atoms with Gasteiger partial charge in [-0.1, -0.05) is 45.0 Å². The molecule has 1 aliphatic heterocycles. The summed E-state index contributed by atoms with van der Waals surface area (Å²) in [5, 5.41) is 14.1. The van der Waals surface area contributed by atoms with Crippen LogP contribution in [0.2, 0.25) is 0 Å². The Labute approximate surface area is 128 Å². The minimum Gasteiger partial charge on any atom is -0.390 e. The zero-order chi connectivity index (χ0) is 15.5. The molecule has 2 rings (SSSR count). The van der Waals surface area contributed by atoms with E-state index in [9.17, 15) is 5.11 Å². The van der Waals surface area contributed by atoms with Crippen molar-refractivity contribution in [2.24, 2.45) is 0 Å². The summed E-state index contributed by atoms with van der Waals surface area (Å²) in [7, 11) is 0. The van der Waals surface area contributed by atoms with Gasteiger partial charge in [0.05, 0.1) is 18.8 Å². The fraction of sp³-hybridized carbons (Fsp3) is 0.667. The molecule has 0 amide bonds. The number of ether oxygens (including phenoxy) is 1. The lowest BCUT2D eigenvalue weighted by Gasteiger charge is -2.31. The number of aliphatic hydroxyl groups is 1. The Morgan fingerprint density at radius 3 is 2.38 bits per heavy atom. The number of hydrogen-bond donors (Lipinski definition) is 2. The van der Waals surface area contributed by atoms with E-state index < -0.39 is 5.60 Å². The van der Waals surface area contributed by atoms with Crippen molar-refractivity contribution in [3.05, 3.63) is 35.4 Å². The highest BCUT2D eigenvalue weighted by molar-refractivity contribution is 5.28.